The number of morpholine rings is 1. The Morgan fingerprint density at radius 1 is 1.12 bits per heavy atom. The number of carbonyl (C=O) groups excluding carboxylic acids is 1. The molecule has 1 aliphatic rings. The molecule has 1 atom stereocenters. The van der Waals surface area contributed by atoms with Crippen molar-refractivity contribution in [2.75, 3.05) is 32.8 Å². The zero-order valence-electron chi connectivity index (χ0n) is 14.6. The van der Waals surface area contributed by atoms with Crippen LogP contribution in [0.2, 0.25) is 0 Å². The highest BCUT2D eigenvalue weighted by Gasteiger charge is 2.19. The van der Waals surface area contributed by atoms with Crippen LogP contribution in [0.5, 0.6) is 0 Å². The molecule has 1 saturated heterocycles. The van der Waals surface area contributed by atoms with Gasteiger partial charge in [-0.25, -0.2) is 4.39 Å². The number of carbonyl (C=O) groups is 1. The van der Waals surface area contributed by atoms with Crippen LogP contribution in [-0.2, 0) is 9.53 Å². The smallest absolute Gasteiger partial charge is 0.244 e. The summed E-state index contributed by atoms with van der Waals surface area (Å²) in [6, 6.07) is 16.1. The fraction of sp³-hybridized carbons (Fsp3) is 0.286. The first kappa shape index (κ1) is 18.3. The average molecular weight is 354 g/mol. The van der Waals surface area contributed by atoms with Gasteiger partial charge in [0.1, 0.15) is 5.82 Å². The molecule has 0 radical (unpaired) electrons. The summed E-state index contributed by atoms with van der Waals surface area (Å²) in [7, 11) is 0. The maximum atomic E-state index is 13.7. The molecule has 1 fully saturated rings. The van der Waals surface area contributed by atoms with Crippen molar-refractivity contribution in [3.05, 3.63) is 77.6 Å². The molecule has 5 heteroatoms. The Hall–Kier alpha value is -2.50. The van der Waals surface area contributed by atoms with Crippen LogP contribution in [0, 0.1) is 5.82 Å². The lowest BCUT2D eigenvalue weighted by Crippen LogP contribution is -2.42. The predicted molar refractivity (Wildman–Crippen MR) is 100 cm³/mol. The third kappa shape index (κ3) is 5.25. The van der Waals surface area contributed by atoms with Gasteiger partial charge in [-0.3, -0.25) is 9.69 Å². The number of hydrogen-bond donors (Lipinski definition) is 1. The van der Waals surface area contributed by atoms with Crippen LogP contribution in [0.1, 0.15) is 17.2 Å². The first-order valence-electron chi connectivity index (χ1n) is 8.80. The van der Waals surface area contributed by atoms with E-state index in [1.54, 1.807) is 18.2 Å². The zero-order valence-corrected chi connectivity index (χ0v) is 14.6. The molecule has 0 bridgehead atoms. The van der Waals surface area contributed by atoms with E-state index in [2.05, 4.69) is 10.2 Å². The molecule has 1 amide bonds. The van der Waals surface area contributed by atoms with E-state index in [4.69, 9.17) is 4.74 Å². The first-order chi connectivity index (χ1) is 12.7. The summed E-state index contributed by atoms with van der Waals surface area (Å²) in [5, 5.41) is 3.04. The van der Waals surface area contributed by atoms with Gasteiger partial charge in [-0.15, -0.1) is 0 Å². The second-order valence-corrected chi connectivity index (χ2v) is 6.24. The van der Waals surface area contributed by atoms with Gasteiger partial charge in [0.05, 0.1) is 19.3 Å². The van der Waals surface area contributed by atoms with E-state index in [1.165, 1.54) is 18.2 Å². The van der Waals surface area contributed by atoms with Crippen molar-refractivity contribution in [2.24, 2.45) is 0 Å². The lowest BCUT2D eigenvalue weighted by molar-refractivity contribution is -0.117. The maximum absolute atomic E-state index is 13.7. The Labute approximate surface area is 153 Å². The van der Waals surface area contributed by atoms with Crippen LogP contribution in [0.15, 0.2) is 60.7 Å². The predicted octanol–water partition coefficient (Wildman–Crippen LogP) is 3.03. The molecular formula is C21H23FN2O2. The highest BCUT2D eigenvalue weighted by molar-refractivity contribution is 5.92. The van der Waals surface area contributed by atoms with E-state index < -0.39 is 0 Å². The minimum Gasteiger partial charge on any atom is -0.379 e. The van der Waals surface area contributed by atoms with Crippen molar-refractivity contribution < 1.29 is 13.9 Å². The first-order valence-corrected chi connectivity index (χ1v) is 8.80. The van der Waals surface area contributed by atoms with Gasteiger partial charge in [0, 0.05) is 31.3 Å². The summed E-state index contributed by atoms with van der Waals surface area (Å²) < 4.78 is 19.1. The number of hydrogen-bond acceptors (Lipinski definition) is 3. The van der Waals surface area contributed by atoms with Crippen molar-refractivity contribution >= 4 is 12.0 Å². The summed E-state index contributed by atoms with van der Waals surface area (Å²) in [5.74, 6) is -0.583. The van der Waals surface area contributed by atoms with Crippen LogP contribution >= 0.6 is 0 Å². The summed E-state index contributed by atoms with van der Waals surface area (Å²) in [6.45, 7) is 3.84. The van der Waals surface area contributed by atoms with E-state index in [-0.39, 0.29) is 17.8 Å². The number of amides is 1. The average Bonchev–Trinajstić information content (AvgIpc) is 2.68. The summed E-state index contributed by atoms with van der Waals surface area (Å²) in [5.41, 5.74) is 1.44. The molecule has 136 valence electrons. The van der Waals surface area contributed by atoms with Gasteiger partial charge in [-0.2, -0.15) is 0 Å². The molecule has 0 spiro atoms. The quantitative estimate of drug-likeness (QED) is 0.811. The monoisotopic (exact) mass is 354 g/mol. The molecule has 0 aliphatic carbocycles. The zero-order chi connectivity index (χ0) is 18.2. The molecule has 0 aromatic heterocycles. The lowest BCUT2D eigenvalue weighted by Gasteiger charge is -2.31. The van der Waals surface area contributed by atoms with Gasteiger partial charge in [-0.05, 0) is 17.7 Å². The van der Waals surface area contributed by atoms with Crippen molar-refractivity contribution in [2.45, 2.75) is 6.04 Å². The minimum absolute atomic E-state index is 0.132. The van der Waals surface area contributed by atoms with Crippen molar-refractivity contribution in [3.63, 3.8) is 0 Å². The molecule has 26 heavy (non-hydrogen) atoms. The molecule has 4 nitrogen and oxygen atoms in total. The van der Waals surface area contributed by atoms with Crippen LogP contribution in [0.4, 0.5) is 4.39 Å². The van der Waals surface area contributed by atoms with Gasteiger partial charge < -0.3 is 10.1 Å². The van der Waals surface area contributed by atoms with Gasteiger partial charge in [0.15, 0.2) is 0 Å². The highest BCUT2D eigenvalue weighted by atomic mass is 19.1. The minimum atomic E-state index is -0.343. The molecular weight excluding hydrogens is 331 g/mol. The van der Waals surface area contributed by atoms with Gasteiger partial charge >= 0.3 is 0 Å². The van der Waals surface area contributed by atoms with Crippen LogP contribution in [0.3, 0.4) is 0 Å². The highest BCUT2D eigenvalue weighted by Crippen LogP contribution is 2.15. The third-order valence-corrected chi connectivity index (χ3v) is 4.38. The number of ether oxygens (including phenoxy) is 1. The second-order valence-electron chi connectivity index (χ2n) is 6.24. The Kier molecular flexibility index (Phi) is 6.52. The van der Waals surface area contributed by atoms with Crippen molar-refractivity contribution in [3.8, 4) is 0 Å². The molecule has 0 unspecified atom stereocenters. The molecule has 3 rings (SSSR count). The SMILES string of the molecule is O=C(/C=C/c1ccccc1F)N[C@H](CN1CCOCC1)c1ccccc1. The number of nitrogens with zero attached hydrogens (tertiary/aromatic N) is 1. The number of rotatable bonds is 6. The number of benzene rings is 2. The van der Waals surface area contributed by atoms with Gasteiger partial charge in [-0.1, -0.05) is 48.5 Å². The van der Waals surface area contributed by atoms with E-state index in [9.17, 15) is 9.18 Å². The van der Waals surface area contributed by atoms with Crippen molar-refractivity contribution in [1.29, 1.82) is 0 Å². The summed E-state index contributed by atoms with van der Waals surface area (Å²) in [6.07, 6.45) is 2.88. The molecule has 1 N–H and O–H groups in total. The standard InChI is InChI=1S/C21H23FN2O2/c22-19-9-5-4-6-17(19)10-11-21(25)23-20(18-7-2-1-3-8-18)16-24-12-14-26-15-13-24/h1-11,20H,12-16H2,(H,23,25)/b11-10+/t20-/m1/s1. The number of halogens is 1. The van der Waals surface area contributed by atoms with E-state index in [0.29, 0.717) is 25.3 Å². The van der Waals surface area contributed by atoms with E-state index in [0.717, 1.165) is 18.7 Å². The van der Waals surface area contributed by atoms with Crippen LogP contribution < -0.4 is 5.32 Å². The maximum Gasteiger partial charge on any atom is 0.244 e. The fourth-order valence-corrected chi connectivity index (χ4v) is 2.96. The third-order valence-electron chi connectivity index (χ3n) is 4.38. The van der Waals surface area contributed by atoms with E-state index >= 15 is 0 Å². The summed E-state index contributed by atoms with van der Waals surface area (Å²) in [4.78, 5) is 14.7. The molecule has 1 heterocycles. The Morgan fingerprint density at radius 3 is 2.54 bits per heavy atom. The molecule has 1 aliphatic heterocycles. The summed E-state index contributed by atoms with van der Waals surface area (Å²) >= 11 is 0. The molecule has 2 aromatic carbocycles. The second kappa shape index (κ2) is 9.27. The Balaban J connectivity index is 1.68. The molecule has 2 aromatic rings. The van der Waals surface area contributed by atoms with Gasteiger partial charge in [0.2, 0.25) is 5.91 Å². The van der Waals surface area contributed by atoms with Crippen LogP contribution in [-0.4, -0.2) is 43.7 Å². The Bertz CT molecular complexity index is 743. The molecule has 0 saturated carbocycles. The Morgan fingerprint density at radius 2 is 1.81 bits per heavy atom. The van der Waals surface area contributed by atoms with Crippen molar-refractivity contribution in [1.82, 2.24) is 10.2 Å². The largest absolute Gasteiger partial charge is 0.379 e. The fourth-order valence-electron chi connectivity index (χ4n) is 2.96. The van der Waals surface area contributed by atoms with Gasteiger partial charge in [0.25, 0.3) is 0 Å². The van der Waals surface area contributed by atoms with E-state index in [1.807, 2.05) is 30.3 Å². The normalized spacial score (nSPS) is 16.5. The lowest BCUT2D eigenvalue weighted by atomic mass is 10.1. The topological polar surface area (TPSA) is 41.6 Å². The number of nitrogens with one attached hydrogen (secondary N) is 1. The van der Waals surface area contributed by atoms with Crippen LogP contribution in [0.25, 0.3) is 6.08 Å².